The molecule has 0 unspecified atom stereocenters. The first-order valence-electron chi connectivity index (χ1n) is 6.54. The molecule has 1 heterocycles. The predicted molar refractivity (Wildman–Crippen MR) is 67.8 cm³/mol. The van der Waals surface area contributed by atoms with E-state index >= 15 is 0 Å². The summed E-state index contributed by atoms with van der Waals surface area (Å²) in [7, 11) is 0. The zero-order valence-corrected chi connectivity index (χ0v) is 11.6. The summed E-state index contributed by atoms with van der Waals surface area (Å²) in [6, 6.07) is -0.903. The van der Waals surface area contributed by atoms with Crippen molar-refractivity contribution in [3.63, 3.8) is 0 Å². The Morgan fingerprint density at radius 2 is 2.00 bits per heavy atom. The van der Waals surface area contributed by atoms with Crippen LogP contribution in [0.3, 0.4) is 0 Å². The molecule has 1 aliphatic rings. The fraction of sp³-hybridized carbons (Fsp3) is 0.917. The van der Waals surface area contributed by atoms with Crippen molar-refractivity contribution in [2.24, 2.45) is 5.92 Å². The SMILES string of the molecule is CC(C)C[C@H](NC[C@@]1(O)O[C@H](CO)[C@@H](O)[C@@H]1O)C(=O)O. The molecule has 118 valence electrons. The van der Waals surface area contributed by atoms with Crippen LogP contribution in [0.5, 0.6) is 0 Å². The second-order valence-electron chi connectivity index (χ2n) is 5.52. The topological polar surface area (TPSA) is 139 Å². The Bertz CT molecular complexity index is 338. The Labute approximate surface area is 117 Å². The number of carboxylic acid groups (broad SMARTS) is 1. The average molecular weight is 293 g/mol. The average Bonchev–Trinajstić information content (AvgIpc) is 2.58. The van der Waals surface area contributed by atoms with E-state index in [0.29, 0.717) is 6.42 Å². The maximum absolute atomic E-state index is 11.1. The molecule has 0 aromatic rings. The molecule has 0 aliphatic carbocycles. The normalized spacial score (nSPS) is 35.5. The molecule has 1 fully saturated rings. The van der Waals surface area contributed by atoms with Gasteiger partial charge in [0.2, 0.25) is 5.79 Å². The van der Waals surface area contributed by atoms with Gasteiger partial charge in [-0.2, -0.15) is 0 Å². The van der Waals surface area contributed by atoms with Gasteiger partial charge in [-0.3, -0.25) is 10.1 Å². The van der Waals surface area contributed by atoms with Crippen molar-refractivity contribution in [3.05, 3.63) is 0 Å². The highest BCUT2D eigenvalue weighted by Gasteiger charge is 2.53. The van der Waals surface area contributed by atoms with Crippen LogP contribution in [-0.2, 0) is 9.53 Å². The second-order valence-corrected chi connectivity index (χ2v) is 5.52. The summed E-state index contributed by atoms with van der Waals surface area (Å²) >= 11 is 0. The summed E-state index contributed by atoms with van der Waals surface area (Å²) in [4.78, 5) is 11.1. The van der Waals surface area contributed by atoms with Crippen LogP contribution in [0.4, 0.5) is 0 Å². The molecule has 0 bridgehead atoms. The molecule has 0 amide bonds. The van der Waals surface area contributed by atoms with Gasteiger partial charge in [0.1, 0.15) is 24.4 Å². The van der Waals surface area contributed by atoms with Crippen LogP contribution < -0.4 is 5.32 Å². The van der Waals surface area contributed by atoms with E-state index < -0.39 is 42.7 Å². The third-order valence-electron chi connectivity index (χ3n) is 3.31. The number of carboxylic acids is 1. The number of nitrogens with one attached hydrogen (secondary N) is 1. The lowest BCUT2D eigenvalue weighted by Crippen LogP contribution is -2.53. The minimum absolute atomic E-state index is 0.128. The van der Waals surface area contributed by atoms with Crippen LogP contribution in [0.2, 0.25) is 0 Å². The fourth-order valence-electron chi connectivity index (χ4n) is 2.18. The molecule has 0 aromatic heterocycles. The van der Waals surface area contributed by atoms with Crippen molar-refractivity contribution in [1.29, 1.82) is 0 Å². The molecular weight excluding hydrogens is 270 g/mol. The minimum atomic E-state index is -2.13. The number of aliphatic hydroxyl groups excluding tert-OH is 3. The molecule has 20 heavy (non-hydrogen) atoms. The Morgan fingerprint density at radius 1 is 1.40 bits per heavy atom. The van der Waals surface area contributed by atoms with Gasteiger partial charge in [-0.05, 0) is 12.3 Å². The minimum Gasteiger partial charge on any atom is -0.480 e. The molecule has 1 saturated heterocycles. The maximum Gasteiger partial charge on any atom is 0.320 e. The van der Waals surface area contributed by atoms with Gasteiger partial charge in [0.15, 0.2) is 0 Å². The van der Waals surface area contributed by atoms with E-state index in [-0.39, 0.29) is 12.5 Å². The lowest BCUT2D eigenvalue weighted by Gasteiger charge is -2.28. The number of carbonyl (C=O) groups is 1. The van der Waals surface area contributed by atoms with Crippen LogP contribution >= 0.6 is 0 Å². The summed E-state index contributed by atoms with van der Waals surface area (Å²) in [5.74, 6) is -3.07. The van der Waals surface area contributed by atoms with Gasteiger partial charge in [0.25, 0.3) is 0 Å². The van der Waals surface area contributed by atoms with Gasteiger partial charge in [-0.25, -0.2) is 0 Å². The standard InChI is InChI=1S/C12H23NO7/c1-6(2)3-7(11(17)18)13-5-12(19)10(16)9(15)8(4-14)20-12/h6-10,13-16,19H,3-5H2,1-2H3,(H,17,18)/t7-,8+,9+,10-,12+/m0/s1. The molecule has 1 aliphatic heterocycles. The van der Waals surface area contributed by atoms with E-state index in [1.807, 2.05) is 13.8 Å². The van der Waals surface area contributed by atoms with Crippen LogP contribution in [0.1, 0.15) is 20.3 Å². The Morgan fingerprint density at radius 3 is 2.40 bits per heavy atom. The summed E-state index contributed by atoms with van der Waals surface area (Å²) in [5, 5.41) is 50.0. The zero-order valence-electron chi connectivity index (χ0n) is 11.6. The van der Waals surface area contributed by atoms with E-state index in [4.69, 9.17) is 14.9 Å². The fourth-order valence-corrected chi connectivity index (χ4v) is 2.18. The Balaban J connectivity index is 2.64. The van der Waals surface area contributed by atoms with Gasteiger partial charge >= 0.3 is 5.97 Å². The first-order valence-corrected chi connectivity index (χ1v) is 6.54. The summed E-state index contributed by atoms with van der Waals surface area (Å²) in [6.45, 7) is 2.79. The number of hydrogen-bond donors (Lipinski definition) is 6. The highest BCUT2D eigenvalue weighted by atomic mass is 16.7. The second kappa shape index (κ2) is 6.79. The highest BCUT2D eigenvalue weighted by molar-refractivity contribution is 5.73. The quantitative estimate of drug-likeness (QED) is 0.313. The van der Waals surface area contributed by atoms with Crippen LogP contribution in [0.25, 0.3) is 0 Å². The molecule has 1 rings (SSSR count). The van der Waals surface area contributed by atoms with Crippen molar-refractivity contribution >= 4 is 5.97 Å². The largest absolute Gasteiger partial charge is 0.480 e. The van der Waals surface area contributed by atoms with Crippen LogP contribution in [0.15, 0.2) is 0 Å². The van der Waals surface area contributed by atoms with Gasteiger partial charge in [-0.15, -0.1) is 0 Å². The number of ether oxygens (including phenoxy) is 1. The van der Waals surface area contributed by atoms with E-state index in [1.165, 1.54) is 0 Å². The third-order valence-corrected chi connectivity index (χ3v) is 3.31. The molecule has 8 heteroatoms. The molecular formula is C12H23NO7. The van der Waals surface area contributed by atoms with E-state index in [1.54, 1.807) is 0 Å². The van der Waals surface area contributed by atoms with Crippen molar-refractivity contribution < 1.29 is 35.1 Å². The smallest absolute Gasteiger partial charge is 0.320 e. The van der Waals surface area contributed by atoms with Gasteiger partial charge in [-0.1, -0.05) is 13.8 Å². The third kappa shape index (κ3) is 3.87. The van der Waals surface area contributed by atoms with E-state index in [9.17, 15) is 20.1 Å². The number of hydrogen-bond acceptors (Lipinski definition) is 7. The Hall–Kier alpha value is -0.770. The molecule has 0 aromatic carbocycles. The molecule has 6 N–H and O–H groups in total. The first kappa shape index (κ1) is 17.3. The monoisotopic (exact) mass is 293 g/mol. The van der Waals surface area contributed by atoms with Crippen molar-refractivity contribution in [1.82, 2.24) is 5.32 Å². The van der Waals surface area contributed by atoms with Crippen molar-refractivity contribution in [3.8, 4) is 0 Å². The predicted octanol–water partition coefficient (Wildman–Crippen LogP) is -2.12. The maximum atomic E-state index is 11.1. The molecule has 5 atom stereocenters. The lowest BCUT2D eigenvalue weighted by molar-refractivity contribution is -0.227. The van der Waals surface area contributed by atoms with E-state index in [0.717, 1.165) is 0 Å². The number of aliphatic hydroxyl groups is 4. The van der Waals surface area contributed by atoms with Crippen LogP contribution in [-0.4, -0.2) is 74.8 Å². The number of rotatable bonds is 7. The Kier molecular flexibility index (Phi) is 5.87. The van der Waals surface area contributed by atoms with Gasteiger partial charge in [0, 0.05) is 0 Å². The highest BCUT2D eigenvalue weighted by Crippen LogP contribution is 2.28. The van der Waals surface area contributed by atoms with Gasteiger partial charge < -0.3 is 30.3 Å². The van der Waals surface area contributed by atoms with Crippen molar-refractivity contribution in [2.75, 3.05) is 13.2 Å². The first-order chi connectivity index (χ1) is 9.21. The summed E-state index contributed by atoms with van der Waals surface area (Å²) < 4.78 is 5.01. The van der Waals surface area contributed by atoms with Crippen molar-refractivity contribution in [2.45, 2.75) is 50.4 Å². The molecule has 8 nitrogen and oxygen atoms in total. The summed E-state index contributed by atoms with van der Waals surface area (Å²) in [5.41, 5.74) is 0. The van der Waals surface area contributed by atoms with Crippen LogP contribution in [0, 0.1) is 5.92 Å². The molecule has 0 radical (unpaired) electrons. The molecule has 0 spiro atoms. The van der Waals surface area contributed by atoms with Gasteiger partial charge in [0.05, 0.1) is 13.2 Å². The zero-order chi connectivity index (χ0) is 15.5. The van der Waals surface area contributed by atoms with E-state index in [2.05, 4.69) is 5.32 Å². The molecule has 0 saturated carbocycles. The lowest BCUT2D eigenvalue weighted by atomic mass is 10.0. The number of aliphatic carboxylic acids is 1. The summed E-state index contributed by atoms with van der Waals surface area (Å²) in [6.07, 6.45) is -3.82.